The first-order valence-corrected chi connectivity index (χ1v) is 8.63. The van der Waals surface area contributed by atoms with Gasteiger partial charge in [0.15, 0.2) is 0 Å². The minimum atomic E-state index is -1.24. The second-order valence-electron chi connectivity index (χ2n) is 5.91. The van der Waals surface area contributed by atoms with Crippen molar-refractivity contribution < 1.29 is 123 Å². The van der Waals surface area contributed by atoms with Crippen molar-refractivity contribution in [3.63, 3.8) is 0 Å². The van der Waals surface area contributed by atoms with Gasteiger partial charge in [0.2, 0.25) is 0 Å². The van der Waals surface area contributed by atoms with Crippen LogP contribution >= 0.6 is 0 Å². The Morgan fingerprint density at radius 2 is 1.17 bits per heavy atom. The molecular formula is C17H27N2Na3O7. The van der Waals surface area contributed by atoms with Crippen LogP contribution in [0, 0.1) is 0 Å². The molecule has 150 valence electrons. The molecule has 0 amide bonds. The molecule has 0 saturated carbocycles. The van der Waals surface area contributed by atoms with Gasteiger partial charge in [0.05, 0.1) is 6.10 Å². The minimum Gasteiger partial charge on any atom is -0.550 e. The van der Waals surface area contributed by atoms with Crippen molar-refractivity contribution in [2.24, 2.45) is 0 Å². The fourth-order valence-electron chi connectivity index (χ4n) is 2.28. The first-order chi connectivity index (χ1) is 12.2. The third kappa shape index (κ3) is 25.2. The summed E-state index contributed by atoms with van der Waals surface area (Å²) < 4.78 is 0. The van der Waals surface area contributed by atoms with Crippen LogP contribution in [-0.2, 0) is 14.4 Å². The minimum absolute atomic E-state index is 0. The average molecular weight is 440 g/mol. The summed E-state index contributed by atoms with van der Waals surface area (Å²) in [5, 5.41) is 41.9. The molecule has 0 aromatic heterocycles. The van der Waals surface area contributed by atoms with Gasteiger partial charge in [0.1, 0.15) is 0 Å². The number of aliphatic hydroxyl groups is 1. The maximum absolute atomic E-state index is 10.7. The van der Waals surface area contributed by atoms with Gasteiger partial charge < -0.3 is 39.7 Å². The van der Waals surface area contributed by atoms with E-state index in [9.17, 15) is 34.8 Å². The molecule has 0 aliphatic rings. The predicted molar refractivity (Wildman–Crippen MR) is 87.2 cm³/mol. The van der Waals surface area contributed by atoms with Crippen LogP contribution in [0.2, 0.25) is 0 Å². The Kier molecular flexibility index (Phi) is 30.5. The van der Waals surface area contributed by atoms with Crippen LogP contribution in [0.15, 0.2) is 12.2 Å². The number of aliphatic carboxylic acids is 3. The van der Waals surface area contributed by atoms with E-state index < -0.39 is 24.0 Å². The topological polar surface area (TPSA) is 147 Å². The van der Waals surface area contributed by atoms with E-state index in [1.165, 1.54) is 0 Å². The number of carbonyl (C=O) groups excluding carboxylic acids is 3. The van der Waals surface area contributed by atoms with E-state index in [2.05, 4.69) is 0 Å². The smallest absolute Gasteiger partial charge is 0.550 e. The SMILES string of the molecule is CC/C=C/C(O)CN(CCC(=O)[O-])CCN(CCC(=O)[O-])CCC(=O)[O-].[Na+].[Na+].[Na+]. The number of hydrogen-bond donors (Lipinski definition) is 1. The van der Waals surface area contributed by atoms with E-state index >= 15 is 0 Å². The molecule has 1 unspecified atom stereocenters. The van der Waals surface area contributed by atoms with Crippen molar-refractivity contribution >= 4 is 17.9 Å². The first-order valence-electron chi connectivity index (χ1n) is 8.63. The number of hydrogen-bond acceptors (Lipinski definition) is 9. The molecule has 1 atom stereocenters. The van der Waals surface area contributed by atoms with E-state index in [0.29, 0.717) is 13.1 Å². The van der Waals surface area contributed by atoms with Crippen LogP contribution in [0.1, 0.15) is 32.6 Å². The second-order valence-corrected chi connectivity index (χ2v) is 5.91. The van der Waals surface area contributed by atoms with Crippen LogP contribution in [0.25, 0.3) is 0 Å². The van der Waals surface area contributed by atoms with Gasteiger partial charge in [-0.05, 0) is 25.7 Å². The zero-order chi connectivity index (χ0) is 19.9. The molecule has 0 saturated heterocycles. The third-order valence-corrected chi connectivity index (χ3v) is 3.67. The van der Waals surface area contributed by atoms with E-state index in [0.717, 1.165) is 6.42 Å². The van der Waals surface area contributed by atoms with Gasteiger partial charge in [0.25, 0.3) is 0 Å². The van der Waals surface area contributed by atoms with Crippen molar-refractivity contribution in [2.45, 2.75) is 38.7 Å². The summed E-state index contributed by atoms with van der Waals surface area (Å²) >= 11 is 0. The standard InChI is InChI=1S/C17H30N2O7.3Na/c1-2-3-4-14(20)13-19(10-7-17(25)26)12-11-18(8-5-15(21)22)9-6-16(23)24;;;/h3-4,14,20H,2,5-13H2,1H3,(H,21,22)(H,23,24)(H,25,26);;;/q;3*+1/p-3/b4-3+;;;. The number of allylic oxidation sites excluding steroid dienone is 1. The van der Waals surface area contributed by atoms with Crippen molar-refractivity contribution in [1.82, 2.24) is 9.80 Å². The molecule has 12 heteroatoms. The number of aliphatic hydroxyl groups excluding tert-OH is 1. The van der Waals surface area contributed by atoms with Gasteiger partial charge in [0, 0.05) is 57.2 Å². The molecule has 0 fully saturated rings. The molecule has 0 aliphatic carbocycles. The summed E-state index contributed by atoms with van der Waals surface area (Å²) in [6.07, 6.45) is 2.72. The van der Waals surface area contributed by atoms with Crippen molar-refractivity contribution in [2.75, 3.05) is 39.3 Å². The monoisotopic (exact) mass is 440 g/mol. The van der Waals surface area contributed by atoms with Crippen molar-refractivity contribution in [3.05, 3.63) is 12.2 Å². The van der Waals surface area contributed by atoms with Crippen LogP contribution in [-0.4, -0.2) is 78.2 Å². The van der Waals surface area contributed by atoms with Gasteiger partial charge in [-0.1, -0.05) is 19.1 Å². The van der Waals surface area contributed by atoms with Gasteiger partial charge in [-0.15, -0.1) is 0 Å². The normalized spacial score (nSPS) is 11.4. The molecule has 0 aromatic carbocycles. The molecule has 29 heavy (non-hydrogen) atoms. The van der Waals surface area contributed by atoms with E-state index in [4.69, 9.17) is 0 Å². The number of rotatable bonds is 16. The Hall–Kier alpha value is 1.03. The van der Waals surface area contributed by atoms with E-state index in [1.807, 2.05) is 6.92 Å². The first kappa shape index (κ1) is 37.4. The van der Waals surface area contributed by atoms with Crippen molar-refractivity contribution in [1.29, 1.82) is 0 Å². The zero-order valence-corrected chi connectivity index (χ0v) is 24.1. The van der Waals surface area contributed by atoms with E-state index in [-0.39, 0.29) is 134 Å². The predicted octanol–water partition coefficient (Wildman–Crippen LogP) is -12.7. The third-order valence-electron chi connectivity index (χ3n) is 3.67. The molecular weight excluding hydrogens is 413 g/mol. The largest absolute Gasteiger partial charge is 1.00 e. The van der Waals surface area contributed by atoms with Gasteiger partial charge in [-0.2, -0.15) is 0 Å². The second kappa shape index (κ2) is 23.7. The summed E-state index contributed by atoms with van der Waals surface area (Å²) in [4.78, 5) is 35.3. The Morgan fingerprint density at radius 1 is 0.793 bits per heavy atom. The molecule has 0 bridgehead atoms. The molecule has 1 N–H and O–H groups in total. The Labute approximate surface area is 238 Å². The molecule has 0 heterocycles. The Balaban J connectivity index is -0.00000104. The van der Waals surface area contributed by atoms with Crippen LogP contribution < -0.4 is 104 Å². The fraction of sp³-hybridized carbons (Fsp3) is 0.706. The number of nitrogens with zero attached hydrogens (tertiary/aromatic N) is 2. The summed E-state index contributed by atoms with van der Waals surface area (Å²) in [6, 6.07) is 0. The number of carboxylic acids is 3. The molecule has 0 spiro atoms. The summed E-state index contributed by atoms with van der Waals surface area (Å²) in [7, 11) is 0. The molecule has 0 aromatic rings. The van der Waals surface area contributed by atoms with Gasteiger partial charge >= 0.3 is 88.7 Å². The summed E-state index contributed by atoms with van der Waals surface area (Å²) in [5.41, 5.74) is 0. The zero-order valence-electron chi connectivity index (χ0n) is 18.1. The van der Waals surface area contributed by atoms with Gasteiger partial charge in [-0.3, -0.25) is 4.90 Å². The average Bonchev–Trinajstić information content (AvgIpc) is 2.56. The molecule has 0 radical (unpaired) electrons. The Bertz CT molecular complexity index is 464. The van der Waals surface area contributed by atoms with E-state index in [1.54, 1.807) is 22.0 Å². The molecule has 0 aliphatic heterocycles. The summed E-state index contributed by atoms with van der Waals surface area (Å²) in [6.45, 7) is 3.17. The molecule has 9 nitrogen and oxygen atoms in total. The number of carboxylic acid groups (broad SMARTS) is 3. The molecule has 0 rings (SSSR count). The fourth-order valence-corrected chi connectivity index (χ4v) is 2.28. The van der Waals surface area contributed by atoms with Crippen LogP contribution in [0.4, 0.5) is 0 Å². The Morgan fingerprint density at radius 3 is 1.55 bits per heavy atom. The quantitative estimate of drug-likeness (QED) is 0.182. The number of carbonyl (C=O) groups is 3. The summed E-state index contributed by atoms with van der Waals surface area (Å²) in [5.74, 6) is -3.69. The van der Waals surface area contributed by atoms with Crippen molar-refractivity contribution in [3.8, 4) is 0 Å². The maximum atomic E-state index is 10.7. The van der Waals surface area contributed by atoms with Gasteiger partial charge in [-0.25, -0.2) is 0 Å². The van der Waals surface area contributed by atoms with Crippen LogP contribution in [0.5, 0.6) is 0 Å². The maximum Gasteiger partial charge on any atom is 1.00 e. The van der Waals surface area contributed by atoms with Crippen LogP contribution in [0.3, 0.4) is 0 Å².